The molecule has 1 aromatic rings. The van der Waals surface area contributed by atoms with Gasteiger partial charge < -0.3 is 15.8 Å². The summed E-state index contributed by atoms with van der Waals surface area (Å²) < 4.78 is 5.02. The van der Waals surface area contributed by atoms with Crippen LogP contribution in [0.15, 0.2) is 24.3 Å². The quantitative estimate of drug-likeness (QED) is 0.807. The summed E-state index contributed by atoms with van der Waals surface area (Å²) in [5, 5.41) is 2.80. The molecule has 4 heteroatoms. The molecule has 0 spiro atoms. The Morgan fingerprint density at radius 3 is 2.29 bits per heavy atom. The minimum Gasteiger partial charge on any atom is -0.380 e. The molecule has 0 heterocycles. The Kier molecular flexibility index (Phi) is 4.66. The van der Waals surface area contributed by atoms with Gasteiger partial charge in [0.05, 0.1) is 12.1 Å². The topological polar surface area (TPSA) is 64.3 Å². The van der Waals surface area contributed by atoms with Crippen LogP contribution in [0.1, 0.15) is 25.0 Å². The van der Waals surface area contributed by atoms with Crippen LogP contribution < -0.4 is 11.1 Å². The summed E-state index contributed by atoms with van der Waals surface area (Å²) in [5.41, 5.74) is 7.00. The van der Waals surface area contributed by atoms with Crippen LogP contribution >= 0.6 is 0 Å². The molecule has 1 aromatic carbocycles. The Hall–Kier alpha value is -1.39. The minimum absolute atomic E-state index is 0.154. The summed E-state index contributed by atoms with van der Waals surface area (Å²) in [6.07, 6.45) is 0. The van der Waals surface area contributed by atoms with Crippen molar-refractivity contribution in [2.45, 2.75) is 32.5 Å². The molecular formula is C13H20N2O2. The molecule has 0 saturated carbocycles. The molecule has 0 radical (unpaired) electrons. The standard InChI is InChI=1S/C13H20N2O2/c1-13(2,14)12(16)15-8-10-4-6-11(7-5-10)9-17-3/h4-7H,8-9,14H2,1-3H3,(H,15,16). The van der Waals surface area contributed by atoms with Gasteiger partial charge in [-0.1, -0.05) is 24.3 Å². The number of ether oxygens (including phenoxy) is 1. The molecule has 1 amide bonds. The molecule has 3 N–H and O–H groups in total. The second kappa shape index (κ2) is 5.80. The monoisotopic (exact) mass is 236 g/mol. The van der Waals surface area contributed by atoms with Gasteiger partial charge in [-0.05, 0) is 25.0 Å². The van der Waals surface area contributed by atoms with Crippen LogP contribution in [-0.4, -0.2) is 18.6 Å². The van der Waals surface area contributed by atoms with Gasteiger partial charge >= 0.3 is 0 Å². The van der Waals surface area contributed by atoms with Crippen LogP contribution in [0.3, 0.4) is 0 Å². The van der Waals surface area contributed by atoms with E-state index in [9.17, 15) is 4.79 Å². The van der Waals surface area contributed by atoms with E-state index in [1.807, 2.05) is 24.3 Å². The van der Waals surface area contributed by atoms with E-state index in [0.29, 0.717) is 13.2 Å². The first-order valence-electron chi connectivity index (χ1n) is 5.57. The van der Waals surface area contributed by atoms with E-state index in [1.165, 1.54) is 0 Å². The average molecular weight is 236 g/mol. The van der Waals surface area contributed by atoms with E-state index in [0.717, 1.165) is 11.1 Å². The molecule has 0 unspecified atom stereocenters. The van der Waals surface area contributed by atoms with Crippen LogP contribution in [0.5, 0.6) is 0 Å². The third-order valence-electron chi connectivity index (χ3n) is 2.37. The van der Waals surface area contributed by atoms with E-state index < -0.39 is 5.54 Å². The third-order valence-corrected chi connectivity index (χ3v) is 2.37. The molecule has 0 fully saturated rings. The highest BCUT2D eigenvalue weighted by Crippen LogP contribution is 2.06. The number of methoxy groups -OCH3 is 1. The second-order valence-electron chi connectivity index (χ2n) is 4.65. The Balaban J connectivity index is 2.50. The lowest BCUT2D eigenvalue weighted by Crippen LogP contribution is -2.48. The van der Waals surface area contributed by atoms with Crippen molar-refractivity contribution < 1.29 is 9.53 Å². The predicted molar refractivity (Wildman–Crippen MR) is 67.3 cm³/mol. The first kappa shape index (κ1) is 13.7. The number of carbonyl (C=O) groups excluding carboxylic acids is 1. The van der Waals surface area contributed by atoms with Crippen LogP contribution in [0.4, 0.5) is 0 Å². The van der Waals surface area contributed by atoms with E-state index in [2.05, 4.69) is 5.32 Å². The van der Waals surface area contributed by atoms with E-state index >= 15 is 0 Å². The molecule has 0 atom stereocenters. The van der Waals surface area contributed by atoms with Crippen LogP contribution in [-0.2, 0) is 22.7 Å². The highest BCUT2D eigenvalue weighted by Gasteiger charge is 2.20. The summed E-state index contributed by atoms with van der Waals surface area (Å²) in [4.78, 5) is 11.6. The number of nitrogens with one attached hydrogen (secondary N) is 1. The Bertz CT molecular complexity index is 366. The number of rotatable bonds is 5. The number of hydrogen-bond acceptors (Lipinski definition) is 3. The summed E-state index contributed by atoms with van der Waals surface area (Å²) in [6.45, 7) is 4.46. The van der Waals surface area contributed by atoms with Crippen molar-refractivity contribution in [2.24, 2.45) is 5.73 Å². The van der Waals surface area contributed by atoms with Crippen LogP contribution in [0, 0.1) is 0 Å². The van der Waals surface area contributed by atoms with Crippen molar-refractivity contribution in [3.63, 3.8) is 0 Å². The van der Waals surface area contributed by atoms with Gasteiger partial charge in [0.1, 0.15) is 0 Å². The second-order valence-corrected chi connectivity index (χ2v) is 4.65. The fourth-order valence-electron chi connectivity index (χ4n) is 1.33. The normalized spacial score (nSPS) is 11.3. The Morgan fingerprint density at radius 1 is 1.29 bits per heavy atom. The number of nitrogens with two attached hydrogens (primary N) is 1. The molecule has 4 nitrogen and oxygen atoms in total. The first-order chi connectivity index (χ1) is 7.93. The molecule has 0 aliphatic rings. The van der Waals surface area contributed by atoms with Gasteiger partial charge in [-0.2, -0.15) is 0 Å². The zero-order valence-corrected chi connectivity index (χ0v) is 10.6. The van der Waals surface area contributed by atoms with Crippen molar-refractivity contribution in [3.8, 4) is 0 Å². The fraction of sp³-hybridized carbons (Fsp3) is 0.462. The van der Waals surface area contributed by atoms with Crippen molar-refractivity contribution in [1.82, 2.24) is 5.32 Å². The molecule has 0 aliphatic carbocycles. The van der Waals surface area contributed by atoms with Gasteiger partial charge in [0.25, 0.3) is 0 Å². The van der Waals surface area contributed by atoms with E-state index in [4.69, 9.17) is 10.5 Å². The largest absolute Gasteiger partial charge is 0.380 e. The smallest absolute Gasteiger partial charge is 0.239 e. The van der Waals surface area contributed by atoms with Crippen molar-refractivity contribution in [3.05, 3.63) is 35.4 Å². The zero-order valence-electron chi connectivity index (χ0n) is 10.6. The number of benzene rings is 1. The van der Waals surface area contributed by atoms with Crippen molar-refractivity contribution >= 4 is 5.91 Å². The first-order valence-corrected chi connectivity index (χ1v) is 5.57. The van der Waals surface area contributed by atoms with Gasteiger partial charge in [-0.25, -0.2) is 0 Å². The summed E-state index contributed by atoms with van der Waals surface area (Å²) >= 11 is 0. The number of carbonyl (C=O) groups is 1. The highest BCUT2D eigenvalue weighted by atomic mass is 16.5. The SMILES string of the molecule is COCc1ccc(CNC(=O)C(C)(C)N)cc1. The predicted octanol–water partition coefficient (Wildman–Crippen LogP) is 1.19. The lowest BCUT2D eigenvalue weighted by atomic mass is 10.1. The molecule has 0 saturated heterocycles. The van der Waals surface area contributed by atoms with E-state index in [1.54, 1.807) is 21.0 Å². The summed E-state index contributed by atoms with van der Waals surface area (Å²) in [6, 6.07) is 7.91. The molecule has 94 valence electrons. The Labute approximate surface area is 102 Å². The molecule has 0 aromatic heterocycles. The molecular weight excluding hydrogens is 216 g/mol. The Morgan fingerprint density at radius 2 is 1.82 bits per heavy atom. The van der Waals surface area contributed by atoms with Crippen molar-refractivity contribution in [2.75, 3.05) is 7.11 Å². The van der Waals surface area contributed by atoms with Gasteiger partial charge in [-0.3, -0.25) is 4.79 Å². The maximum atomic E-state index is 11.6. The lowest BCUT2D eigenvalue weighted by Gasteiger charge is -2.17. The van der Waals surface area contributed by atoms with Gasteiger partial charge in [-0.15, -0.1) is 0 Å². The van der Waals surface area contributed by atoms with Gasteiger partial charge in [0.2, 0.25) is 5.91 Å². The fourth-order valence-corrected chi connectivity index (χ4v) is 1.33. The third kappa shape index (κ3) is 4.54. The van der Waals surface area contributed by atoms with Gasteiger partial charge in [0.15, 0.2) is 0 Å². The minimum atomic E-state index is -0.837. The molecule has 17 heavy (non-hydrogen) atoms. The summed E-state index contributed by atoms with van der Waals surface area (Å²) in [7, 11) is 1.66. The van der Waals surface area contributed by atoms with Gasteiger partial charge in [0, 0.05) is 13.7 Å². The lowest BCUT2D eigenvalue weighted by molar-refractivity contribution is -0.125. The maximum absolute atomic E-state index is 11.6. The molecule has 0 bridgehead atoms. The summed E-state index contributed by atoms with van der Waals surface area (Å²) in [5.74, 6) is -0.154. The number of hydrogen-bond donors (Lipinski definition) is 2. The number of amides is 1. The molecule has 1 rings (SSSR count). The van der Waals surface area contributed by atoms with Crippen LogP contribution in [0.2, 0.25) is 0 Å². The average Bonchev–Trinajstić information content (AvgIpc) is 2.27. The van der Waals surface area contributed by atoms with E-state index in [-0.39, 0.29) is 5.91 Å². The van der Waals surface area contributed by atoms with Crippen LogP contribution in [0.25, 0.3) is 0 Å². The zero-order chi connectivity index (χ0) is 12.9. The maximum Gasteiger partial charge on any atom is 0.239 e. The highest BCUT2D eigenvalue weighted by molar-refractivity contribution is 5.84. The molecule has 0 aliphatic heterocycles. The van der Waals surface area contributed by atoms with Crippen molar-refractivity contribution in [1.29, 1.82) is 0 Å².